The number of alkyl halides is 3. The van der Waals surface area contributed by atoms with Gasteiger partial charge in [-0.2, -0.15) is 18.3 Å². The third-order valence-electron chi connectivity index (χ3n) is 5.61. The number of likely N-dealkylation sites (tertiary alicyclic amines) is 1. The Morgan fingerprint density at radius 2 is 2.03 bits per heavy atom. The molecule has 11 heteroatoms. The van der Waals surface area contributed by atoms with Crippen molar-refractivity contribution in [3.8, 4) is 0 Å². The van der Waals surface area contributed by atoms with Crippen molar-refractivity contribution in [1.29, 1.82) is 0 Å². The number of fused-ring (bicyclic) bond motifs is 1. The molecule has 158 valence electrons. The SMILES string of the molecule is CCc1cc(C(F)(F)F)n2nc([C@@H]3CCCN3C(=O)[C@H]3CCS(=O)(=O)C3)cc2n1. The van der Waals surface area contributed by atoms with Crippen LogP contribution in [-0.4, -0.2) is 51.9 Å². The van der Waals surface area contributed by atoms with Gasteiger partial charge < -0.3 is 4.90 Å². The fourth-order valence-electron chi connectivity index (χ4n) is 4.15. The largest absolute Gasteiger partial charge is 0.433 e. The van der Waals surface area contributed by atoms with Crippen molar-refractivity contribution >= 4 is 21.4 Å². The predicted octanol–water partition coefficient (Wildman–Crippen LogP) is 2.41. The Balaban J connectivity index is 1.69. The Bertz CT molecular complexity index is 1060. The van der Waals surface area contributed by atoms with E-state index in [9.17, 15) is 26.4 Å². The third-order valence-corrected chi connectivity index (χ3v) is 7.38. The average molecular weight is 430 g/mol. The molecule has 1 amide bonds. The van der Waals surface area contributed by atoms with Crippen LogP contribution in [0, 0.1) is 5.92 Å². The molecule has 29 heavy (non-hydrogen) atoms. The zero-order valence-electron chi connectivity index (χ0n) is 15.8. The van der Waals surface area contributed by atoms with Crippen LogP contribution in [0.4, 0.5) is 13.2 Å². The summed E-state index contributed by atoms with van der Waals surface area (Å²) in [6.07, 6.45) is -2.70. The molecule has 4 rings (SSSR count). The van der Waals surface area contributed by atoms with Crippen LogP contribution < -0.4 is 0 Å². The number of amides is 1. The van der Waals surface area contributed by atoms with Gasteiger partial charge in [0.15, 0.2) is 15.5 Å². The van der Waals surface area contributed by atoms with Crippen LogP contribution in [-0.2, 0) is 27.2 Å². The lowest BCUT2D eigenvalue weighted by atomic mass is 10.1. The van der Waals surface area contributed by atoms with Gasteiger partial charge in [-0.1, -0.05) is 6.92 Å². The van der Waals surface area contributed by atoms with Crippen molar-refractivity contribution in [2.75, 3.05) is 18.1 Å². The molecule has 2 aliphatic heterocycles. The number of hydrogen-bond acceptors (Lipinski definition) is 5. The molecule has 2 aromatic rings. The molecule has 7 nitrogen and oxygen atoms in total. The lowest BCUT2D eigenvalue weighted by Gasteiger charge is -2.25. The Labute approximate surface area is 165 Å². The number of halogens is 3. The molecule has 0 spiro atoms. The van der Waals surface area contributed by atoms with Crippen LogP contribution in [0.2, 0.25) is 0 Å². The van der Waals surface area contributed by atoms with Gasteiger partial charge in [-0.05, 0) is 31.7 Å². The average Bonchev–Trinajstić information content (AvgIpc) is 3.35. The van der Waals surface area contributed by atoms with E-state index in [-0.39, 0.29) is 29.5 Å². The Morgan fingerprint density at radius 1 is 1.28 bits per heavy atom. The molecule has 2 saturated heterocycles. The summed E-state index contributed by atoms with van der Waals surface area (Å²) in [7, 11) is -3.20. The third kappa shape index (κ3) is 3.72. The van der Waals surface area contributed by atoms with Crippen LogP contribution >= 0.6 is 0 Å². The van der Waals surface area contributed by atoms with E-state index in [2.05, 4.69) is 10.1 Å². The summed E-state index contributed by atoms with van der Waals surface area (Å²) in [5.74, 6) is -1.02. The number of carbonyl (C=O) groups is 1. The van der Waals surface area contributed by atoms with E-state index in [1.54, 1.807) is 11.8 Å². The highest BCUT2D eigenvalue weighted by Crippen LogP contribution is 2.36. The van der Waals surface area contributed by atoms with Gasteiger partial charge in [0.1, 0.15) is 5.69 Å². The van der Waals surface area contributed by atoms with E-state index in [0.717, 1.165) is 10.6 Å². The first kappa shape index (κ1) is 20.1. The summed E-state index contributed by atoms with van der Waals surface area (Å²) in [6.45, 7) is 2.16. The number of rotatable bonds is 3. The van der Waals surface area contributed by atoms with Crippen molar-refractivity contribution in [2.45, 2.75) is 44.8 Å². The zero-order valence-corrected chi connectivity index (χ0v) is 16.6. The summed E-state index contributed by atoms with van der Waals surface area (Å²) >= 11 is 0. The fraction of sp³-hybridized carbons (Fsp3) is 0.611. The number of nitrogens with zero attached hydrogens (tertiary/aromatic N) is 4. The molecule has 2 atom stereocenters. The van der Waals surface area contributed by atoms with Crippen LogP contribution in [0.5, 0.6) is 0 Å². The minimum atomic E-state index is -4.59. The van der Waals surface area contributed by atoms with Gasteiger partial charge in [0.25, 0.3) is 0 Å². The standard InChI is InChI=1S/C18H21F3N4O3S/c1-2-12-8-15(18(19,20)21)25-16(22-12)9-13(23-25)14-4-3-6-24(14)17(26)11-5-7-29(27,28)10-11/h8-9,11,14H,2-7,10H2,1H3/t11-,14-/m0/s1. The van der Waals surface area contributed by atoms with Crippen molar-refractivity contribution in [1.82, 2.24) is 19.5 Å². The smallest absolute Gasteiger partial charge is 0.334 e. The lowest BCUT2D eigenvalue weighted by molar-refractivity contribution is -0.143. The van der Waals surface area contributed by atoms with E-state index in [0.29, 0.717) is 37.2 Å². The molecule has 0 radical (unpaired) electrons. The van der Waals surface area contributed by atoms with Crippen molar-refractivity contribution in [3.05, 3.63) is 29.2 Å². The summed E-state index contributed by atoms with van der Waals surface area (Å²) in [5, 5.41) is 4.15. The van der Waals surface area contributed by atoms with E-state index in [1.165, 1.54) is 6.07 Å². The minimum absolute atomic E-state index is 0.00502. The first-order chi connectivity index (χ1) is 13.6. The zero-order chi connectivity index (χ0) is 21.0. The maximum Gasteiger partial charge on any atom is 0.433 e. The predicted molar refractivity (Wildman–Crippen MR) is 97.8 cm³/mol. The second-order valence-electron chi connectivity index (χ2n) is 7.61. The maximum atomic E-state index is 13.5. The van der Waals surface area contributed by atoms with Gasteiger partial charge in [-0.3, -0.25) is 4.79 Å². The summed E-state index contributed by atoms with van der Waals surface area (Å²) < 4.78 is 64.7. The summed E-state index contributed by atoms with van der Waals surface area (Å²) in [4.78, 5) is 18.7. The van der Waals surface area contributed by atoms with Gasteiger partial charge in [-0.15, -0.1) is 0 Å². The lowest BCUT2D eigenvalue weighted by Crippen LogP contribution is -2.36. The van der Waals surface area contributed by atoms with Gasteiger partial charge in [0.05, 0.1) is 29.2 Å². The number of carbonyl (C=O) groups excluding carboxylic acids is 1. The Morgan fingerprint density at radius 3 is 2.66 bits per heavy atom. The highest BCUT2D eigenvalue weighted by Gasteiger charge is 2.41. The molecule has 0 N–H and O–H groups in total. The molecule has 2 aromatic heterocycles. The van der Waals surface area contributed by atoms with Crippen LogP contribution in [0.15, 0.2) is 12.1 Å². The molecular weight excluding hydrogens is 409 g/mol. The maximum absolute atomic E-state index is 13.5. The van der Waals surface area contributed by atoms with E-state index in [4.69, 9.17) is 0 Å². The van der Waals surface area contributed by atoms with Crippen molar-refractivity contribution in [3.63, 3.8) is 0 Å². The second kappa shape index (κ2) is 6.96. The number of sulfone groups is 1. The summed E-state index contributed by atoms with van der Waals surface area (Å²) in [6, 6.07) is 2.01. The minimum Gasteiger partial charge on any atom is -0.334 e. The fourth-order valence-corrected chi connectivity index (χ4v) is 5.88. The number of aromatic nitrogens is 3. The second-order valence-corrected chi connectivity index (χ2v) is 9.84. The molecule has 2 fully saturated rings. The molecule has 0 unspecified atom stereocenters. The highest BCUT2D eigenvalue weighted by molar-refractivity contribution is 7.91. The van der Waals surface area contributed by atoms with Gasteiger partial charge in [0.2, 0.25) is 5.91 Å². The van der Waals surface area contributed by atoms with E-state index >= 15 is 0 Å². The monoisotopic (exact) mass is 430 g/mol. The van der Waals surface area contributed by atoms with Crippen molar-refractivity contribution < 1.29 is 26.4 Å². The Kier molecular flexibility index (Phi) is 4.83. The van der Waals surface area contributed by atoms with Gasteiger partial charge in [-0.25, -0.2) is 17.9 Å². The molecule has 0 aliphatic carbocycles. The Hall–Kier alpha value is -2.17. The first-order valence-electron chi connectivity index (χ1n) is 9.57. The quantitative estimate of drug-likeness (QED) is 0.747. The molecule has 0 saturated carbocycles. The van der Waals surface area contributed by atoms with E-state index in [1.807, 2.05) is 0 Å². The van der Waals surface area contributed by atoms with Gasteiger partial charge >= 0.3 is 6.18 Å². The first-order valence-corrected chi connectivity index (χ1v) is 11.4. The van der Waals surface area contributed by atoms with Crippen LogP contribution in [0.1, 0.15) is 49.3 Å². The topological polar surface area (TPSA) is 84.6 Å². The molecule has 0 aromatic carbocycles. The normalized spacial score (nSPS) is 24.5. The highest BCUT2D eigenvalue weighted by atomic mass is 32.2. The molecular formula is C18H21F3N4O3S. The molecule has 0 bridgehead atoms. The number of aryl methyl sites for hydroxylation is 1. The van der Waals surface area contributed by atoms with Crippen LogP contribution in [0.25, 0.3) is 5.65 Å². The molecule has 2 aliphatic rings. The van der Waals surface area contributed by atoms with E-state index < -0.39 is 33.7 Å². The van der Waals surface area contributed by atoms with Crippen LogP contribution in [0.3, 0.4) is 0 Å². The summed E-state index contributed by atoms with van der Waals surface area (Å²) in [5.41, 5.74) is -0.146. The van der Waals surface area contributed by atoms with Crippen molar-refractivity contribution in [2.24, 2.45) is 5.92 Å². The number of hydrogen-bond donors (Lipinski definition) is 0. The van der Waals surface area contributed by atoms with Gasteiger partial charge in [0, 0.05) is 18.3 Å². The molecule has 4 heterocycles.